The number of nitrogens with zero attached hydrogens (tertiary/aromatic N) is 6. The Morgan fingerprint density at radius 2 is 1.84 bits per heavy atom. The lowest BCUT2D eigenvalue weighted by molar-refractivity contribution is 0.0517. The Bertz CT molecular complexity index is 675. The third-order valence-electron chi connectivity index (χ3n) is 5.10. The van der Waals surface area contributed by atoms with E-state index in [9.17, 15) is 0 Å². The second-order valence-corrected chi connectivity index (χ2v) is 6.93. The van der Waals surface area contributed by atoms with Crippen LogP contribution in [0, 0.1) is 12.8 Å². The molecule has 0 bridgehead atoms. The van der Waals surface area contributed by atoms with Gasteiger partial charge < -0.3 is 9.64 Å². The predicted molar refractivity (Wildman–Crippen MR) is 96.1 cm³/mol. The van der Waals surface area contributed by atoms with Crippen molar-refractivity contribution < 1.29 is 4.74 Å². The third kappa shape index (κ3) is 3.99. The number of anilines is 1. The van der Waals surface area contributed by atoms with Crippen LogP contribution in [0.15, 0.2) is 24.5 Å². The van der Waals surface area contributed by atoms with E-state index in [0.29, 0.717) is 0 Å². The molecule has 0 spiro atoms. The second-order valence-electron chi connectivity index (χ2n) is 6.93. The molecule has 25 heavy (non-hydrogen) atoms. The molecule has 7 nitrogen and oxygen atoms in total. The molecule has 2 aromatic rings. The number of hydrogen-bond donors (Lipinski definition) is 0. The van der Waals surface area contributed by atoms with Gasteiger partial charge in [0.15, 0.2) is 5.82 Å². The number of rotatable bonds is 4. The average Bonchev–Trinajstić information content (AvgIpc) is 3.17. The van der Waals surface area contributed by atoms with E-state index in [1.165, 1.54) is 19.4 Å². The molecule has 2 saturated heterocycles. The highest BCUT2D eigenvalue weighted by molar-refractivity contribution is 5.44. The Kier molecular flexibility index (Phi) is 4.94. The minimum absolute atomic E-state index is 0.785. The van der Waals surface area contributed by atoms with Crippen molar-refractivity contribution in [3.05, 3.63) is 30.4 Å². The molecule has 0 amide bonds. The fourth-order valence-corrected chi connectivity index (χ4v) is 3.67. The van der Waals surface area contributed by atoms with Gasteiger partial charge >= 0.3 is 0 Å². The summed E-state index contributed by atoms with van der Waals surface area (Å²) in [5.74, 6) is 3.42. The first kappa shape index (κ1) is 16.5. The van der Waals surface area contributed by atoms with E-state index in [0.717, 1.165) is 62.8 Å². The molecular weight excluding hydrogens is 316 g/mol. The standard InChI is InChI=1S/C18H26N6O/c1-15-20-17(13-18(21-15)24-6-2-5-19-24)23-9-7-22(8-10-23)14-16-3-11-25-12-4-16/h2,5-6,13,16H,3-4,7-12,14H2,1H3. The van der Waals surface area contributed by atoms with Crippen LogP contribution in [0.5, 0.6) is 0 Å². The first-order valence-corrected chi connectivity index (χ1v) is 9.19. The zero-order valence-electron chi connectivity index (χ0n) is 14.8. The van der Waals surface area contributed by atoms with Gasteiger partial charge in [0, 0.05) is 64.4 Å². The zero-order valence-corrected chi connectivity index (χ0v) is 14.8. The van der Waals surface area contributed by atoms with Gasteiger partial charge in [-0.15, -0.1) is 0 Å². The summed E-state index contributed by atoms with van der Waals surface area (Å²) in [5.41, 5.74) is 0. The first-order valence-electron chi connectivity index (χ1n) is 9.19. The van der Waals surface area contributed by atoms with Gasteiger partial charge in [-0.1, -0.05) is 0 Å². The lowest BCUT2D eigenvalue weighted by Gasteiger charge is -2.37. The highest BCUT2D eigenvalue weighted by Gasteiger charge is 2.23. The van der Waals surface area contributed by atoms with Crippen molar-refractivity contribution in [2.75, 3.05) is 50.8 Å². The van der Waals surface area contributed by atoms with Crippen LogP contribution >= 0.6 is 0 Å². The summed E-state index contributed by atoms with van der Waals surface area (Å²) >= 11 is 0. The molecule has 2 aromatic heterocycles. The lowest BCUT2D eigenvalue weighted by atomic mass is 9.99. The fourth-order valence-electron chi connectivity index (χ4n) is 3.67. The van der Waals surface area contributed by atoms with Crippen LogP contribution in [-0.4, -0.2) is 70.6 Å². The number of hydrogen-bond acceptors (Lipinski definition) is 6. The molecule has 0 aliphatic carbocycles. The van der Waals surface area contributed by atoms with Gasteiger partial charge in [-0.2, -0.15) is 5.10 Å². The maximum absolute atomic E-state index is 5.47. The van der Waals surface area contributed by atoms with Crippen LogP contribution in [0.4, 0.5) is 5.82 Å². The third-order valence-corrected chi connectivity index (χ3v) is 5.10. The molecule has 0 saturated carbocycles. The molecule has 0 radical (unpaired) electrons. The molecule has 7 heteroatoms. The van der Waals surface area contributed by atoms with Gasteiger partial charge in [-0.25, -0.2) is 14.6 Å². The summed E-state index contributed by atoms with van der Waals surface area (Å²) in [6.07, 6.45) is 6.10. The van der Waals surface area contributed by atoms with Gasteiger partial charge in [0.25, 0.3) is 0 Å². The average molecular weight is 342 g/mol. The summed E-state index contributed by atoms with van der Waals surface area (Å²) in [5, 5.41) is 4.28. The van der Waals surface area contributed by atoms with Crippen molar-refractivity contribution >= 4 is 5.82 Å². The Hall–Kier alpha value is -1.99. The zero-order chi connectivity index (χ0) is 17.1. The number of piperazine rings is 1. The van der Waals surface area contributed by atoms with Gasteiger partial charge in [0.2, 0.25) is 0 Å². The molecule has 0 aromatic carbocycles. The Balaban J connectivity index is 1.39. The number of aromatic nitrogens is 4. The quantitative estimate of drug-likeness (QED) is 0.840. The highest BCUT2D eigenvalue weighted by Crippen LogP contribution is 2.20. The summed E-state index contributed by atoms with van der Waals surface area (Å²) < 4.78 is 7.26. The lowest BCUT2D eigenvalue weighted by Crippen LogP contribution is -2.48. The first-order chi connectivity index (χ1) is 12.3. The van der Waals surface area contributed by atoms with Crippen molar-refractivity contribution in [3.8, 4) is 5.82 Å². The Morgan fingerprint density at radius 3 is 2.56 bits per heavy atom. The van der Waals surface area contributed by atoms with Crippen molar-refractivity contribution in [2.45, 2.75) is 19.8 Å². The van der Waals surface area contributed by atoms with Crippen molar-refractivity contribution in [3.63, 3.8) is 0 Å². The molecule has 2 aliphatic rings. The van der Waals surface area contributed by atoms with Gasteiger partial charge in [0.1, 0.15) is 11.6 Å². The minimum atomic E-state index is 0.785. The maximum atomic E-state index is 5.47. The fraction of sp³-hybridized carbons (Fsp3) is 0.611. The normalized spacial score (nSPS) is 20.1. The smallest absolute Gasteiger partial charge is 0.159 e. The van der Waals surface area contributed by atoms with Crippen LogP contribution in [0.2, 0.25) is 0 Å². The Morgan fingerprint density at radius 1 is 1.08 bits per heavy atom. The second kappa shape index (κ2) is 7.49. The largest absolute Gasteiger partial charge is 0.381 e. The summed E-state index contributed by atoms with van der Waals surface area (Å²) in [6, 6.07) is 3.94. The summed E-state index contributed by atoms with van der Waals surface area (Å²) in [7, 11) is 0. The summed E-state index contributed by atoms with van der Waals surface area (Å²) in [6.45, 7) is 9.23. The van der Waals surface area contributed by atoms with Gasteiger partial charge in [-0.3, -0.25) is 4.90 Å². The monoisotopic (exact) mass is 342 g/mol. The molecule has 4 heterocycles. The van der Waals surface area contributed by atoms with E-state index in [-0.39, 0.29) is 0 Å². The maximum Gasteiger partial charge on any atom is 0.159 e. The number of ether oxygens (including phenoxy) is 1. The predicted octanol–water partition coefficient (Wildman–Crippen LogP) is 1.52. The molecule has 2 fully saturated rings. The van der Waals surface area contributed by atoms with E-state index in [1.54, 1.807) is 10.9 Å². The molecule has 134 valence electrons. The van der Waals surface area contributed by atoms with Gasteiger partial charge in [-0.05, 0) is 31.7 Å². The molecule has 0 N–H and O–H groups in total. The van der Waals surface area contributed by atoms with E-state index in [1.807, 2.05) is 25.3 Å². The van der Waals surface area contributed by atoms with Crippen LogP contribution < -0.4 is 4.90 Å². The minimum Gasteiger partial charge on any atom is -0.381 e. The van der Waals surface area contributed by atoms with E-state index < -0.39 is 0 Å². The van der Waals surface area contributed by atoms with Crippen LogP contribution in [0.1, 0.15) is 18.7 Å². The van der Waals surface area contributed by atoms with Gasteiger partial charge in [0.05, 0.1) is 0 Å². The van der Waals surface area contributed by atoms with E-state index in [4.69, 9.17) is 4.74 Å². The molecule has 0 unspecified atom stereocenters. The van der Waals surface area contributed by atoms with E-state index in [2.05, 4.69) is 24.9 Å². The van der Waals surface area contributed by atoms with E-state index >= 15 is 0 Å². The number of aryl methyl sites for hydroxylation is 1. The molecular formula is C18H26N6O. The summed E-state index contributed by atoms with van der Waals surface area (Å²) in [4.78, 5) is 14.1. The molecule has 0 atom stereocenters. The Labute approximate surface area is 148 Å². The SMILES string of the molecule is Cc1nc(N2CCN(CC3CCOCC3)CC2)cc(-n2cccn2)n1. The topological polar surface area (TPSA) is 59.3 Å². The van der Waals surface area contributed by atoms with Crippen molar-refractivity contribution in [2.24, 2.45) is 5.92 Å². The van der Waals surface area contributed by atoms with Crippen molar-refractivity contribution in [1.82, 2.24) is 24.6 Å². The van der Waals surface area contributed by atoms with Crippen LogP contribution in [0.25, 0.3) is 5.82 Å². The highest BCUT2D eigenvalue weighted by atomic mass is 16.5. The van der Waals surface area contributed by atoms with Crippen LogP contribution in [0.3, 0.4) is 0 Å². The van der Waals surface area contributed by atoms with Crippen molar-refractivity contribution in [1.29, 1.82) is 0 Å². The molecule has 4 rings (SSSR count). The molecule has 2 aliphatic heterocycles. The van der Waals surface area contributed by atoms with Crippen LogP contribution in [-0.2, 0) is 4.74 Å².